The first-order valence-electron chi connectivity index (χ1n) is 5.92. The van der Waals surface area contributed by atoms with E-state index in [1.807, 2.05) is 42.5 Å². The minimum absolute atomic E-state index is 0.143. The molecule has 2 aromatic rings. The lowest BCUT2D eigenvalue weighted by Crippen LogP contribution is -1.84. The molecule has 0 saturated carbocycles. The predicted molar refractivity (Wildman–Crippen MR) is 76.6 cm³/mol. The number of hydrogen-bond donors (Lipinski definition) is 1. The Bertz CT molecular complexity index is 571. The maximum absolute atomic E-state index is 9.51. The van der Waals surface area contributed by atoms with Gasteiger partial charge in [0, 0.05) is 0 Å². The molecule has 0 bridgehead atoms. The first kappa shape index (κ1) is 13.0. The summed E-state index contributed by atoms with van der Waals surface area (Å²) in [5.41, 5.74) is 2.04. The Labute approximate surface area is 112 Å². The number of methoxy groups -OCH3 is 2. The van der Waals surface area contributed by atoms with Crippen molar-refractivity contribution in [3.63, 3.8) is 0 Å². The van der Waals surface area contributed by atoms with Crippen molar-refractivity contribution in [3.05, 3.63) is 53.6 Å². The molecule has 3 heteroatoms. The van der Waals surface area contributed by atoms with Gasteiger partial charge in [-0.25, -0.2) is 0 Å². The second-order valence-electron chi connectivity index (χ2n) is 4.04. The van der Waals surface area contributed by atoms with Crippen LogP contribution < -0.4 is 9.47 Å². The van der Waals surface area contributed by atoms with Crippen LogP contribution in [0, 0.1) is 0 Å². The van der Waals surface area contributed by atoms with Crippen LogP contribution in [0.4, 0.5) is 0 Å². The Balaban J connectivity index is 2.17. The van der Waals surface area contributed by atoms with Gasteiger partial charge in [-0.3, -0.25) is 0 Å². The fraction of sp³-hybridized carbons (Fsp3) is 0.125. The smallest absolute Gasteiger partial charge is 0.161 e. The second kappa shape index (κ2) is 5.96. The van der Waals surface area contributed by atoms with Crippen LogP contribution in [0.15, 0.2) is 42.5 Å². The summed E-state index contributed by atoms with van der Waals surface area (Å²) in [5.74, 6) is 1.45. The van der Waals surface area contributed by atoms with Crippen molar-refractivity contribution in [1.82, 2.24) is 0 Å². The molecule has 1 N–H and O–H groups in total. The maximum atomic E-state index is 9.51. The fourth-order valence-electron chi connectivity index (χ4n) is 1.71. The molecule has 0 heterocycles. The summed E-state index contributed by atoms with van der Waals surface area (Å²) >= 11 is 0. The van der Waals surface area contributed by atoms with Crippen molar-refractivity contribution < 1.29 is 14.6 Å². The minimum Gasteiger partial charge on any atom is -0.504 e. The van der Waals surface area contributed by atoms with Gasteiger partial charge >= 0.3 is 0 Å². The number of benzene rings is 2. The largest absolute Gasteiger partial charge is 0.504 e. The summed E-state index contributed by atoms with van der Waals surface area (Å²) in [6.45, 7) is 0. The number of ether oxygens (including phenoxy) is 2. The third-order valence-electron chi connectivity index (χ3n) is 2.79. The van der Waals surface area contributed by atoms with E-state index in [1.54, 1.807) is 19.2 Å². The van der Waals surface area contributed by atoms with E-state index in [2.05, 4.69) is 0 Å². The highest BCUT2D eigenvalue weighted by Gasteiger charge is 2.00. The fourth-order valence-corrected chi connectivity index (χ4v) is 1.71. The highest BCUT2D eigenvalue weighted by molar-refractivity contribution is 5.71. The van der Waals surface area contributed by atoms with E-state index in [0.717, 1.165) is 16.9 Å². The highest BCUT2D eigenvalue weighted by Crippen LogP contribution is 2.27. The zero-order valence-electron chi connectivity index (χ0n) is 11.0. The molecule has 3 nitrogen and oxygen atoms in total. The number of aromatic hydroxyl groups is 1. The van der Waals surface area contributed by atoms with Gasteiger partial charge in [-0.15, -0.1) is 0 Å². The zero-order valence-corrected chi connectivity index (χ0v) is 11.0. The first-order valence-corrected chi connectivity index (χ1v) is 5.92. The lowest BCUT2D eigenvalue weighted by molar-refractivity contribution is 0.373. The van der Waals surface area contributed by atoms with Gasteiger partial charge < -0.3 is 14.6 Å². The van der Waals surface area contributed by atoms with E-state index in [-0.39, 0.29) is 5.75 Å². The second-order valence-corrected chi connectivity index (χ2v) is 4.04. The van der Waals surface area contributed by atoms with Crippen molar-refractivity contribution in [2.75, 3.05) is 14.2 Å². The van der Waals surface area contributed by atoms with Crippen LogP contribution in [-0.2, 0) is 0 Å². The monoisotopic (exact) mass is 256 g/mol. The molecule has 0 atom stereocenters. The molecule has 2 rings (SSSR count). The van der Waals surface area contributed by atoms with Gasteiger partial charge in [0.1, 0.15) is 5.75 Å². The number of phenols is 1. The molecule has 0 radical (unpaired) electrons. The summed E-state index contributed by atoms with van der Waals surface area (Å²) < 4.78 is 10.2. The molecule has 0 amide bonds. The van der Waals surface area contributed by atoms with Gasteiger partial charge in [0.15, 0.2) is 11.5 Å². The number of phenolic OH excluding ortho intramolecular Hbond substituents is 1. The van der Waals surface area contributed by atoms with Crippen LogP contribution in [-0.4, -0.2) is 19.3 Å². The van der Waals surface area contributed by atoms with E-state index >= 15 is 0 Å². The lowest BCUT2D eigenvalue weighted by atomic mass is 10.1. The van der Waals surface area contributed by atoms with E-state index in [1.165, 1.54) is 7.11 Å². The van der Waals surface area contributed by atoms with E-state index in [4.69, 9.17) is 9.47 Å². The van der Waals surface area contributed by atoms with E-state index in [9.17, 15) is 5.11 Å². The molecule has 98 valence electrons. The molecule has 19 heavy (non-hydrogen) atoms. The normalized spacial score (nSPS) is 10.6. The van der Waals surface area contributed by atoms with Crippen molar-refractivity contribution in [2.45, 2.75) is 0 Å². The van der Waals surface area contributed by atoms with Crippen molar-refractivity contribution >= 4 is 12.2 Å². The molecule has 0 aliphatic carbocycles. The number of rotatable bonds is 4. The average Bonchev–Trinajstić information content (AvgIpc) is 2.47. The van der Waals surface area contributed by atoms with Crippen molar-refractivity contribution in [2.24, 2.45) is 0 Å². The van der Waals surface area contributed by atoms with Crippen LogP contribution in [0.2, 0.25) is 0 Å². The minimum atomic E-state index is 0.143. The van der Waals surface area contributed by atoms with E-state index in [0.29, 0.717) is 5.75 Å². The highest BCUT2D eigenvalue weighted by atomic mass is 16.5. The Morgan fingerprint density at radius 1 is 0.842 bits per heavy atom. The average molecular weight is 256 g/mol. The summed E-state index contributed by atoms with van der Waals surface area (Å²) in [7, 11) is 3.18. The van der Waals surface area contributed by atoms with Gasteiger partial charge in [0.25, 0.3) is 0 Å². The van der Waals surface area contributed by atoms with E-state index < -0.39 is 0 Å². The molecule has 0 aliphatic heterocycles. The van der Waals surface area contributed by atoms with Gasteiger partial charge in [0.05, 0.1) is 14.2 Å². The van der Waals surface area contributed by atoms with Crippen LogP contribution in [0.5, 0.6) is 17.2 Å². The van der Waals surface area contributed by atoms with Crippen molar-refractivity contribution in [3.8, 4) is 17.2 Å². The molecule has 0 fully saturated rings. The third kappa shape index (κ3) is 3.28. The molecule has 0 spiro atoms. The maximum Gasteiger partial charge on any atom is 0.161 e. The summed E-state index contributed by atoms with van der Waals surface area (Å²) in [6, 6.07) is 13.0. The molecule has 2 aromatic carbocycles. The Morgan fingerprint density at radius 2 is 1.47 bits per heavy atom. The topological polar surface area (TPSA) is 38.7 Å². The van der Waals surface area contributed by atoms with Crippen LogP contribution in [0.3, 0.4) is 0 Å². The van der Waals surface area contributed by atoms with Crippen LogP contribution >= 0.6 is 0 Å². The molecular formula is C16H16O3. The number of hydrogen-bond acceptors (Lipinski definition) is 3. The standard InChI is InChI=1S/C16H16O3/c1-18-14-8-5-12(6-9-14)3-4-13-7-10-15(17)16(11-13)19-2/h3-11,17H,1-2H3. The van der Waals surface area contributed by atoms with Crippen LogP contribution in [0.25, 0.3) is 12.2 Å². The third-order valence-corrected chi connectivity index (χ3v) is 2.79. The van der Waals surface area contributed by atoms with Gasteiger partial charge in [0.2, 0.25) is 0 Å². The molecule has 0 aromatic heterocycles. The summed E-state index contributed by atoms with van der Waals surface area (Å²) in [6.07, 6.45) is 3.95. The van der Waals surface area contributed by atoms with Crippen LogP contribution in [0.1, 0.15) is 11.1 Å². The molecule has 0 aliphatic rings. The Hall–Kier alpha value is -2.42. The van der Waals surface area contributed by atoms with Gasteiger partial charge in [-0.05, 0) is 35.4 Å². The van der Waals surface area contributed by atoms with Crippen molar-refractivity contribution in [1.29, 1.82) is 0 Å². The predicted octanol–water partition coefficient (Wildman–Crippen LogP) is 3.58. The molecule has 0 unspecified atom stereocenters. The van der Waals surface area contributed by atoms with Gasteiger partial charge in [-0.1, -0.05) is 30.4 Å². The quantitative estimate of drug-likeness (QED) is 0.850. The molecule has 0 saturated heterocycles. The first-order chi connectivity index (χ1) is 9.22. The summed E-state index contributed by atoms with van der Waals surface area (Å²) in [5, 5.41) is 9.51. The Kier molecular flexibility index (Phi) is 4.08. The summed E-state index contributed by atoms with van der Waals surface area (Å²) in [4.78, 5) is 0. The SMILES string of the molecule is COc1ccc(C=Cc2ccc(O)c(OC)c2)cc1. The van der Waals surface area contributed by atoms with Gasteiger partial charge in [-0.2, -0.15) is 0 Å². The zero-order chi connectivity index (χ0) is 13.7. The molecular weight excluding hydrogens is 240 g/mol. The Morgan fingerprint density at radius 3 is 2.11 bits per heavy atom. The lowest BCUT2D eigenvalue weighted by Gasteiger charge is -2.03.